The van der Waals surface area contributed by atoms with Crippen molar-refractivity contribution in [3.63, 3.8) is 0 Å². The predicted molar refractivity (Wildman–Crippen MR) is 134 cm³/mol. The minimum absolute atomic E-state index is 0.0634. The van der Waals surface area contributed by atoms with E-state index in [0.29, 0.717) is 0 Å². The van der Waals surface area contributed by atoms with Crippen LogP contribution in [0.5, 0.6) is 0 Å². The second kappa shape index (κ2) is 7.62. The first-order valence-electron chi connectivity index (χ1n) is 11.3. The molecule has 1 aliphatic rings. The van der Waals surface area contributed by atoms with Crippen LogP contribution in [0.4, 0.5) is 11.4 Å². The minimum atomic E-state index is 0.0634. The summed E-state index contributed by atoms with van der Waals surface area (Å²) in [5.41, 5.74) is 6.26. The highest BCUT2D eigenvalue weighted by molar-refractivity contribution is 7.99. The molecule has 1 N–H and O–H groups in total. The number of hydrogen-bond acceptors (Lipinski definition) is 2. The molecule has 164 valence electrons. The van der Waals surface area contributed by atoms with E-state index < -0.39 is 0 Å². The standard InChI is InChI=1S/C28H41NS/c1-25(2,3)17-27(7,8)19-15-16-22-24(23(19)28(9,10)18-26(4,5)6)29-20-13-11-12-14-21(20)30-22/h11-16,29H,17-18H2,1-10H3. The van der Waals surface area contributed by atoms with Crippen molar-refractivity contribution in [2.45, 2.75) is 103 Å². The maximum Gasteiger partial charge on any atom is 0.0567 e. The van der Waals surface area contributed by atoms with E-state index in [1.54, 1.807) is 0 Å². The van der Waals surface area contributed by atoms with Gasteiger partial charge in [-0.15, -0.1) is 0 Å². The lowest BCUT2D eigenvalue weighted by Crippen LogP contribution is -2.33. The number of anilines is 2. The summed E-state index contributed by atoms with van der Waals surface area (Å²) in [6.45, 7) is 23.9. The van der Waals surface area contributed by atoms with E-state index in [2.05, 4.69) is 111 Å². The Labute approximate surface area is 189 Å². The molecule has 2 aromatic rings. The molecule has 3 rings (SSSR count). The van der Waals surface area contributed by atoms with Gasteiger partial charge in [0, 0.05) is 9.79 Å². The normalized spacial score (nSPS) is 14.7. The lowest BCUT2D eigenvalue weighted by Gasteiger charge is -2.42. The molecule has 0 aliphatic carbocycles. The average molecular weight is 424 g/mol. The van der Waals surface area contributed by atoms with Gasteiger partial charge in [-0.3, -0.25) is 0 Å². The maximum absolute atomic E-state index is 3.86. The van der Waals surface area contributed by atoms with E-state index in [-0.39, 0.29) is 21.7 Å². The van der Waals surface area contributed by atoms with Crippen molar-refractivity contribution in [1.29, 1.82) is 0 Å². The van der Waals surface area contributed by atoms with E-state index in [1.807, 2.05) is 11.8 Å². The van der Waals surface area contributed by atoms with Gasteiger partial charge in [-0.2, -0.15) is 0 Å². The van der Waals surface area contributed by atoms with Crippen LogP contribution in [0.2, 0.25) is 0 Å². The monoisotopic (exact) mass is 423 g/mol. The van der Waals surface area contributed by atoms with Gasteiger partial charge in [-0.1, -0.05) is 99.2 Å². The van der Waals surface area contributed by atoms with E-state index in [4.69, 9.17) is 0 Å². The molecule has 0 fully saturated rings. The second-order valence-corrected chi connectivity index (χ2v) is 13.9. The van der Waals surface area contributed by atoms with Crippen molar-refractivity contribution in [2.75, 3.05) is 5.32 Å². The molecule has 0 spiro atoms. The summed E-state index contributed by atoms with van der Waals surface area (Å²) in [7, 11) is 0. The summed E-state index contributed by atoms with van der Waals surface area (Å²) in [5.74, 6) is 0. The Morgan fingerprint density at radius 3 is 1.83 bits per heavy atom. The van der Waals surface area contributed by atoms with Gasteiger partial charge < -0.3 is 5.32 Å². The summed E-state index contributed by atoms with van der Waals surface area (Å²) in [5, 5.41) is 3.86. The van der Waals surface area contributed by atoms with Crippen molar-refractivity contribution < 1.29 is 0 Å². The molecule has 2 heteroatoms. The van der Waals surface area contributed by atoms with E-state index in [9.17, 15) is 0 Å². The van der Waals surface area contributed by atoms with Gasteiger partial charge in [-0.25, -0.2) is 0 Å². The number of rotatable bonds is 4. The van der Waals surface area contributed by atoms with E-state index in [0.717, 1.165) is 12.8 Å². The second-order valence-electron chi connectivity index (χ2n) is 12.8. The van der Waals surface area contributed by atoms with Crippen LogP contribution >= 0.6 is 11.8 Å². The molecule has 0 radical (unpaired) electrons. The fourth-order valence-corrected chi connectivity index (χ4v) is 6.81. The smallest absolute Gasteiger partial charge is 0.0567 e. The number of nitrogens with one attached hydrogen (secondary N) is 1. The zero-order chi connectivity index (χ0) is 22.5. The van der Waals surface area contributed by atoms with Gasteiger partial charge in [0.2, 0.25) is 0 Å². The average Bonchev–Trinajstić information content (AvgIpc) is 2.54. The number of hydrogen-bond donors (Lipinski definition) is 1. The SMILES string of the molecule is CC(C)(C)CC(C)(C)c1ccc2c(c1C(C)(C)CC(C)(C)C)Nc1ccccc1S2. The largest absolute Gasteiger partial charge is 0.353 e. The van der Waals surface area contributed by atoms with Crippen LogP contribution < -0.4 is 5.32 Å². The van der Waals surface area contributed by atoms with E-state index in [1.165, 1.54) is 32.3 Å². The number of para-hydroxylation sites is 1. The molecule has 0 saturated heterocycles. The first-order valence-corrected chi connectivity index (χ1v) is 12.1. The van der Waals surface area contributed by atoms with Gasteiger partial charge in [0.25, 0.3) is 0 Å². The molecule has 1 heterocycles. The minimum Gasteiger partial charge on any atom is -0.353 e. The third-order valence-corrected chi connectivity index (χ3v) is 7.02. The zero-order valence-corrected chi connectivity index (χ0v) is 21.6. The molecule has 0 atom stereocenters. The van der Waals surface area contributed by atoms with Crippen LogP contribution in [0.25, 0.3) is 0 Å². The lowest BCUT2D eigenvalue weighted by atomic mass is 9.64. The number of fused-ring (bicyclic) bond motifs is 2. The lowest BCUT2D eigenvalue weighted by molar-refractivity contribution is 0.264. The van der Waals surface area contributed by atoms with Crippen molar-refractivity contribution in [3.05, 3.63) is 47.5 Å². The van der Waals surface area contributed by atoms with Crippen LogP contribution in [0, 0.1) is 10.8 Å². The van der Waals surface area contributed by atoms with Crippen molar-refractivity contribution >= 4 is 23.1 Å². The molecule has 1 nitrogen and oxygen atoms in total. The fraction of sp³-hybridized carbons (Fsp3) is 0.571. The van der Waals surface area contributed by atoms with Gasteiger partial charge in [0.15, 0.2) is 0 Å². The zero-order valence-electron chi connectivity index (χ0n) is 20.8. The summed E-state index contributed by atoms with van der Waals surface area (Å²) < 4.78 is 0. The fourth-order valence-electron chi connectivity index (χ4n) is 5.81. The molecule has 1 aliphatic heterocycles. The van der Waals surface area contributed by atoms with Crippen LogP contribution in [-0.2, 0) is 10.8 Å². The van der Waals surface area contributed by atoms with Crippen LogP contribution in [0.15, 0.2) is 46.2 Å². The Balaban J connectivity index is 2.22. The molecule has 0 bridgehead atoms. The highest BCUT2D eigenvalue weighted by Crippen LogP contribution is 2.53. The summed E-state index contributed by atoms with van der Waals surface area (Å²) in [6, 6.07) is 13.5. The molecule has 2 aromatic carbocycles. The van der Waals surface area contributed by atoms with Crippen molar-refractivity contribution in [1.82, 2.24) is 0 Å². The molecule has 0 aromatic heterocycles. The molecule has 30 heavy (non-hydrogen) atoms. The molecular formula is C28H41NS. The third kappa shape index (κ3) is 5.07. The maximum atomic E-state index is 3.86. The van der Waals surface area contributed by atoms with Gasteiger partial charge in [0.1, 0.15) is 0 Å². The van der Waals surface area contributed by atoms with Crippen molar-refractivity contribution in [3.8, 4) is 0 Å². The summed E-state index contributed by atoms with van der Waals surface area (Å²) in [4.78, 5) is 2.66. The summed E-state index contributed by atoms with van der Waals surface area (Å²) in [6.07, 6.45) is 2.30. The first-order chi connectivity index (χ1) is 13.6. The quantitative estimate of drug-likeness (QED) is 0.448. The summed E-state index contributed by atoms with van der Waals surface area (Å²) >= 11 is 1.90. The Morgan fingerprint density at radius 1 is 0.667 bits per heavy atom. The Morgan fingerprint density at radius 2 is 1.23 bits per heavy atom. The van der Waals surface area contributed by atoms with Gasteiger partial charge in [-0.05, 0) is 63.8 Å². The predicted octanol–water partition coefficient (Wildman–Crippen LogP) is 9.32. The van der Waals surface area contributed by atoms with Crippen LogP contribution in [0.1, 0.15) is 93.2 Å². The first kappa shape index (κ1) is 23.3. The third-order valence-electron chi connectivity index (χ3n) is 5.88. The van der Waals surface area contributed by atoms with E-state index >= 15 is 0 Å². The Bertz CT molecular complexity index is 923. The topological polar surface area (TPSA) is 12.0 Å². The molecule has 0 unspecified atom stereocenters. The molecule has 0 amide bonds. The Hall–Kier alpha value is -1.41. The molecule has 0 saturated carbocycles. The van der Waals surface area contributed by atoms with Gasteiger partial charge in [0.05, 0.1) is 11.4 Å². The Kier molecular flexibility index (Phi) is 5.91. The number of benzene rings is 2. The highest BCUT2D eigenvalue weighted by atomic mass is 32.2. The highest BCUT2D eigenvalue weighted by Gasteiger charge is 2.38. The van der Waals surface area contributed by atoms with Crippen LogP contribution in [-0.4, -0.2) is 0 Å². The van der Waals surface area contributed by atoms with Crippen molar-refractivity contribution in [2.24, 2.45) is 10.8 Å². The molecular weight excluding hydrogens is 382 g/mol. The van der Waals surface area contributed by atoms with Crippen LogP contribution in [0.3, 0.4) is 0 Å². The van der Waals surface area contributed by atoms with Gasteiger partial charge >= 0.3 is 0 Å².